The Balaban J connectivity index is 1.59. The molecule has 40 heavy (non-hydrogen) atoms. The second kappa shape index (κ2) is 12.1. The number of anilines is 2. The summed E-state index contributed by atoms with van der Waals surface area (Å²) in [6.45, 7) is 5.68. The maximum Gasteiger partial charge on any atom is 0.416 e. The van der Waals surface area contributed by atoms with Crippen LogP contribution in [0.25, 0.3) is 16.8 Å². The highest BCUT2D eigenvalue weighted by Gasteiger charge is 2.30. The molecule has 1 aromatic heterocycles. The molecule has 208 valence electrons. The fourth-order valence-electron chi connectivity index (χ4n) is 4.38. The molecular weight excluding hydrogens is 519 g/mol. The Bertz CT molecular complexity index is 1480. The topological polar surface area (TPSA) is 79.3 Å². The Morgan fingerprint density at radius 2 is 1.55 bits per heavy atom. The fourth-order valence-corrected chi connectivity index (χ4v) is 4.38. The largest absolute Gasteiger partial charge is 0.416 e. The number of aryl methyl sites for hydroxylation is 2. The lowest BCUT2D eigenvalue weighted by Gasteiger charge is -2.22. The molecule has 3 amide bonds. The van der Waals surface area contributed by atoms with Gasteiger partial charge in [-0.05, 0) is 61.7 Å². The second-order valence-electron chi connectivity index (χ2n) is 9.35. The van der Waals surface area contributed by atoms with Crippen molar-refractivity contribution < 1.29 is 22.8 Å². The van der Waals surface area contributed by atoms with Crippen molar-refractivity contribution in [2.45, 2.75) is 33.4 Å². The lowest BCUT2D eigenvalue weighted by Crippen LogP contribution is -2.41. The summed E-state index contributed by atoms with van der Waals surface area (Å²) in [5.74, 6) is 0.0329. The Morgan fingerprint density at radius 3 is 2.17 bits per heavy atom. The van der Waals surface area contributed by atoms with Gasteiger partial charge in [0, 0.05) is 17.8 Å². The van der Waals surface area contributed by atoms with E-state index in [0.717, 1.165) is 40.2 Å². The van der Waals surface area contributed by atoms with E-state index in [1.807, 2.05) is 75.4 Å². The molecule has 0 saturated carbocycles. The van der Waals surface area contributed by atoms with Crippen LogP contribution < -0.4 is 10.6 Å². The molecule has 0 unspecified atom stereocenters. The number of amides is 3. The van der Waals surface area contributed by atoms with Gasteiger partial charge in [0.15, 0.2) is 0 Å². The molecular formula is C30H30F3N5O2. The Labute approximate surface area is 230 Å². The number of nitrogens with zero attached hydrogens (tertiary/aromatic N) is 3. The molecule has 0 aliphatic rings. The van der Waals surface area contributed by atoms with E-state index >= 15 is 0 Å². The highest BCUT2D eigenvalue weighted by Crippen LogP contribution is 2.34. The van der Waals surface area contributed by atoms with Crippen LogP contribution in [0.15, 0.2) is 78.9 Å². The van der Waals surface area contributed by atoms with Crippen LogP contribution in [-0.4, -0.2) is 39.7 Å². The van der Waals surface area contributed by atoms with Gasteiger partial charge in [0.1, 0.15) is 12.4 Å². The number of alkyl halides is 3. The summed E-state index contributed by atoms with van der Waals surface area (Å²) in [7, 11) is 0. The van der Waals surface area contributed by atoms with Gasteiger partial charge in [-0.25, -0.2) is 9.48 Å². The van der Waals surface area contributed by atoms with Crippen molar-refractivity contribution in [1.82, 2.24) is 14.7 Å². The molecule has 0 bridgehead atoms. The summed E-state index contributed by atoms with van der Waals surface area (Å²) in [5.41, 5.74) is 3.49. The summed E-state index contributed by atoms with van der Waals surface area (Å²) >= 11 is 0. The van der Waals surface area contributed by atoms with Gasteiger partial charge < -0.3 is 15.5 Å². The minimum absolute atomic E-state index is 0.194. The van der Waals surface area contributed by atoms with E-state index in [-0.39, 0.29) is 18.8 Å². The summed E-state index contributed by atoms with van der Waals surface area (Å²) in [4.78, 5) is 27.7. The zero-order valence-electron chi connectivity index (χ0n) is 22.4. The Kier molecular flexibility index (Phi) is 8.57. The van der Waals surface area contributed by atoms with Crippen molar-refractivity contribution in [2.24, 2.45) is 0 Å². The van der Waals surface area contributed by atoms with Crippen LogP contribution in [-0.2, 0) is 11.0 Å². The quantitative estimate of drug-likeness (QED) is 0.247. The van der Waals surface area contributed by atoms with E-state index in [9.17, 15) is 22.8 Å². The number of rotatable bonds is 8. The average Bonchev–Trinajstić information content (AvgIpc) is 3.23. The molecule has 0 spiro atoms. The van der Waals surface area contributed by atoms with Crippen LogP contribution in [0.1, 0.15) is 30.2 Å². The molecule has 10 heteroatoms. The van der Waals surface area contributed by atoms with Gasteiger partial charge in [0.2, 0.25) is 5.91 Å². The van der Waals surface area contributed by atoms with E-state index < -0.39 is 23.7 Å². The van der Waals surface area contributed by atoms with Gasteiger partial charge in [-0.15, -0.1) is 0 Å². The fraction of sp³-hybridized carbons (Fsp3) is 0.233. The van der Waals surface area contributed by atoms with Gasteiger partial charge in [-0.2, -0.15) is 18.3 Å². The third-order valence-electron chi connectivity index (χ3n) is 6.30. The zero-order valence-corrected chi connectivity index (χ0v) is 22.4. The number of halogens is 3. The van der Waals surface area contributed by atoms with Crippen molar-refractivity contribution >= 4 is 23.4 Å². The molecule has 7 nitrogen and oxygen atoms in total. The predicted molar refractivity (Wildman–Crippen MR) is 149 cm³/mol. The van der Waals surface area contributed by atoms with E-state index in [0.29, 0.717) is 12.2 Å². The van der Waals surface area contributed by atoms with Gasteiger partial charge in [-0.1, -0.05) is 55.5 Å². The van der Waals surface area contributed by atoms with Crippen molar-refractivity contribution in [1.29, 1.82) is 0 Å². The first-order valence-electron chi connectivity index (χ1n) is 12.8. The molecule has 4 aromatic rings. The van der Waals surface area contributed by atoms with Crippen molar-refractivity contribution in [3.05, 3.63) is 95.7 Å². The maximum absolute atomic E-state index is 13.4. The first-order chi connectivity index (χ1) is 19.1. The minimum Gasteiger partial charge on any atom is -0.315 e. The molecule has 0 saturated heterocycles. The number of benzene rings is 3. The van der Waals surface area contributed by atoms with Gasteiger partial charge >= 0.3 is 12.2 Å². The summed E-state index contributed by atoms with van der Waals surface area (Å²) in [6.07, 6.45) is -3.90. The van der Waals surface area contributed by atoms with E-state index in [4.69, 9.17) is 5.10 Å². The smallest absolute Gasteiger partial charge is 0.315 e. The van der Waals surface area contributed by atoms with Crippen LogP contribution >= 0.6 is 0 Å². The second-order valence-corrected chi connectivity index (χ2v) is 9.35. The molecule has 2 N–H and O–H groups in total. The highest BCUT2D eigenvalue weighted by molar-refractivity contribution is 5.99. The van der Waals surface area contributed by atoms with E-state index in [1.165, 1.54) is 17.0 Å². The number of para-hydroxylation sites is 1. The van der Waals surface area contributed by atoms with Crippen molar-refractivity contribution in [3.8, 4) is 16.8 Å². The lowest BCUT2D eigenvalue weighted by atomic mass is 10.1. The normalized spacial score (nSPS) is 11.2. The first-order valence-corrected chi connectivity index (χ1v) is 12.8. The first kappa shape index (κ1) is 28.4. The van der Waals surface area contributed by atoms with Crippen molar-refractivity contribution in [3.63, 3.8) is 0 Å². The highest BCUT2D eigenvalue weighted by atomic mass is 19.4. The number of nitrogens with one attached hydrogen (secondary N) is 2. The molecule has 0 aliphatic carbocycles. The predicted octanol–water partition coefficient (Wildman–Crippen LogP) is 7.06. The minimum atomic E-state index is -4.48. The average molecular weight is 550 g/mol. The SMILES string of the molecule is CCCN(CC(=O)Nc1c(-c2ccccc2)c(C)nn1-c1ccccc1C)C(=O)Nc1ccc(C(F)(F)F)cc1. The van der Waals surface area contributed by atoms with Gasteiger partial charge in [0.25, 0.3) is 0 Å². The number of hydrogen-bond acceptors (Lipinski definition) is 3. The Morgan fingerprint density at radius 1 is 0.900 bits per heavy atom. The van der Waals surface area contributed by atoms with E-state index in [1.54, 1.807) is 4.68 Å². The van der Waals surface area contributed by atoms with Crippen molar-refractivity contribution in [2.75, 3.05) is 23.7 Å². The van der Waals surface area contributed by atoms with Crippen LogP contribution in [0.2, 0.25) is 0 Å². The number of carbonyl (C=O) groups is 2. The summed E-state index contributed by atoms with van der Waals surface area (Å²) < 4.78 is 40.3. The molecule has 0 radical (unpaired) electrons. The Hall–Kier alpha value is -4.60. The molecule has 0 atom stereocenters. The number of aromatic nitrogens is 2. The lowest BCUT2D eigenvalue weighted by molar-refractivity contribution is -0.137. The van der Waals surface area contributed by atoms with E-state index in [2.05, 4.69) is 10.6 Å². The standard InChI is InChI=1S/C30H30F3N5O2/c1-4-18-37(29(40)34-24-16-14-23(15-17-24)30(31,32)33)19-26(39)35-28-27(22-11-6-5-7-12-22)21(3)36-38(28)25-13-9-8-10-20(25)2/h5-17H,4,18-19H2,1-3H3,(H,34,40)(H,35,39). The summed E-state index contributed by atoms with van der Waals surface area (Å²) in [6, 6.07) is 20.8. The number of hydrogen-bond donors (Lipinski definition) is 2. The third-order valence-corrected chi connectivity index (χ3v) is 6.30. The molecule has 4 rings (SSSR count). The van der Waals surface area contributed by atoms with Crippen LogP contribution in [0.4, 0.5) is 29.5 Å². The summed E-state index contributed by atoms with van der Waals surface area (Å²) in [5, 5.41) is 10.3. The van der Waals surface area contributed by atoms with Crippen LogP contribution in [0.3, 0.4) is 0 Å². The van der Waals surface area contributed by atoms with Crippen LogP contribution in [0.5, 0.6) is 0 Å². The molecule has 3 aromatic carbocycles. The molecule has 1 heterocycles. The van der Waals surface area contributed by atoms with Gasteiger partial charge in [0.05, 0.1) is 16.9 Å². The maximum atomic E-state index is 13.4. The van der Waals surface area contributed by atoms with Gasteiger partial charge in [-0.3, -0.25) is 4.79 Å². The monoisotopic (exact) mass is 549 g/mol. The number of carbonyl (C=O) groups excluding carboxylic acids is 2. The molecule has 0 aliphatic heterocycles. The third kappa shape index (κ3) is 6.51. The van der Waals surface area contributed by atoms with Crippen LogP contribution in [0, 0.1) is 13.8 Å². The zero-order chi connectivity index (χ0) is 28.9. The number of urea groups is 1. The molecule has 0 fully saturated rings.